The van der Waals surface area contributed by atoms with Gasteiger partial charge in [0.25, 0.3) is 0 Å². The van der Waals surface area contributed by atoms with Gasteiger partial charge in [-0.25, -0.2) is 0 Å². The standard InChI is InChI=1S/C23H27N3O3/c1-4-13-25(15-22(27)24-19-10-6-8-12-21(19)29-3)23(28)16-26-17(2)14-18-9-5-7-11-20(18)26/h5-12,14H,4,13,15-16H2,1-3H3,(H,24,27). The molecule has 6 nitrogen and oxygen atoms in total. The zero-order chi connectivity index (χ0) is 20.8. The number of para-hydroxylation sites is 3. The van der Waals surface area contributed by atoms with Gasteiger partial charge in [0.05, 0.1) is 19.3 Å². The molecule has 0 aliphatic rings. The molecule has 0 saturated heterocycles. The van der Waals surface area contributed by atoms with Gasteiger partial charge in [-0.15, -0.1) is 0 Å². The predicted molar refractivity (Wildman–Crippen MR) is 115 cm³/mol. The minimum atomic E-state index is -0.245. The van der Waals surface area contributed by atoms with E-state index < -0.39 is 0 Å². The molecule has 2 aromatic carbocycles. The first kappa shape index (κ1) is 20.5. The van der Waals surface area contributed by atoms with Gasteiger partial charge in [-0.2, -0.15) is 0 Å². The van der Waals surface area contributed by atoms with Crippen molar-refractivity contribution in [2.45, 2.75) is 26.8 Å². The lowest BCUT2D eigenvalue weighted by molar-refractivity contribution is -0.135. The van der Waals surface area contributed by atoms with Gasteiger partial charge in [0.2, 0.25) is 11.8 Å². The number of hydrogen-bond acceptors (Lipinski definition) is 3. The molecule has 0 radical (unpaired) electrons. The average Bonchev–Trinajstić information content (AvgIpc) is 3.03. The van der Waals surface area contributed by atoms with Crippen LogP contribution in [0.5, 0.6) is 5.75 Å². The number of carbonyl (C=O) groups excluding carboxylic acids is 2. The van der Waals surface area contributed by atoms with Gasteiger partial charge in [0.1, 0.15) is 12.3 Å². The summed E-state index contributed by atoms with van der Waals surface area (Å²) in [6, 6.07) is 17.3. The Morgan fingerprint density at radius 3 is 2.59 bits per heavy atom. The average molecular weight is 393 g/mol. The largest absolute Gasteiger partial charge is 0.495 e. The van der Waals surface area contributed by atoms with Gasteiger partial charge in [0, 0.05) is 17.8 Å². The number of benzene rings is 2. The summed E-state index contributed by atoms with van der Waals surface area (Å²) < 4.78 is 7.27. The fourth-order valence-electron chi connectivity index (χ4n) is 3.47. The molecule has 0 aliphatic heterocycles. The van der Waals surface area contributed by atoms with Gasteiger partial charge < -0.3 is 19.5 Å². The van der Waals surface area contributed by atoms with Crippen LogP contribution in [0.4, 0.5) is 5.69 Å². The number of methoxy groups -OCH3 is 1. The Labute approximate surface area is 171 Å². The molecule has 0 fully saturated rings. The molecule has 0 bridgehead atoms. The number of aromatic nitrogens is 1. The highest BCUT2D eigenvalue weighted by Gasteiger charge is 2.19. The Balaban J connectivity index is 1.72. The van der Waals surface area contributed by atoms with Crippen LogP contribution in [0.25, 0.3) is 10.9 Å². The maximum absolute atomic E-state index is 13.0. The van der Waals surface area contributed by atoms with E-state index in [9.17, 15) is 9.59 Å². The number of anilines is 1. The maximum Gasteiger partial charge on any atom is 0.244 e. The van der Waals surface area contributed by atoms with Crippen LogP contribution in [0.15, 0.2) is 54.6 Å². The molecule has 3 aromatic rings. The van der Waals surface area contributed by atoms with Crippen LogP contribution in [-0.2, 0) is 16.1 Å². The van der Waals surface area contributed by atoms with Crippen molar-refractivity contribution in [3.8, 4) is 5.75 Å². The van der Waals surface area contributed by atoms with Gasteiger partial charge in [-0.3, -0.25) is 9.59 Å². The molecule has 0 saturated carbocycles. The monoisotopic (exact) mass is 393 g/mol. The summed E-state index contributed by atoms with van der Waals surface area (Å²) in [6.45, 7) is 4.72. The van der Waals surface area contributed by atoms with Gasteiger partial charge in [-0.1, -0.05) is 37.3 Å². The molecular formula is C23H27N3O3. The molecule has 0 spiro atoms. The van der Waals surface area contributed by atoms with E-state index in [1.807, 2.05) is 54.8 Å². The van der Waals surface area contributed by atoms with E-state index in [0.717, 1.165) is 23.0 Å². The molecule has 0 unspecified atom stereocenters. The van der Waals surface area contributed by atoms with E-state index >= 15 is 0 Å². The Kier molecular flexibility index (Phi) is 6.54. The maximum atomic E-state index is 13.0. The summed E-state index contributed by atoms with van der Waals surface area (Å²) in [7, 11) is 1.56. The fourth-order valence-corrected chi connectivity index (χ4v) is 3.47. The second-order valence-corrected chi connectivity index (χ2v) is 6.99. The quantitative estimate of drug-likeness (QED) is 0.633. The summed E-state index contributed by atoms with van der Waals surface area (Å²) in [5.41, 5.74) is 2.64. The number of rotatable bonds is 8. The zero-order valence-corrected chi connectivity index (χ0v) is 17.1. The van der Waals surface area contributed by atoms with Crippen molar-refractivity contribution in [3.05, 3.63) is 60.3 Å². The van der Waals surface area contributed by atoms with Crippen LogP contribution in [0, 0.1) is 6.92 Å². The molecular weight excluding hydrogens is 366 g/mol. The number of aryl methyl sites for hydroxylation is 1. The van der Waals surface area contributed by atoms with Crippen LogP contribution >= 0.6 is 0 Å². The Morgan fingerprint density at radius 1 is 1.10 bits per heavy atom. The van der Waals surface area contributed by atoms with Crippen molar-refractivity contribution < 1.29 is 14.3 Å². The van der Waals surface area contributed by atoms with Crippen molar-refractivity contribution in [2.24, 2.45) is 0 Å². The molecule has 152 valence electrons. The lowest BCUT2D eigenvalue weighted by Gasteiger charge is -2.23. The summed E-state index contributed by atoms with van der Waals surface area (Å²) in [5, 5.41) is 3.95. The first-order chi connectivity index (χ1) is 14.0. The first-order valence-electron chi connectivity index (χ1n) is 9.79. The smallest absolute Gasteiger partial charge is 0.244 e. The van der Waals surface area contributed by atoms with E-state index in [1.165, 1.54) is 0 Å². The van der Waals surface area contributed by atoms with E-state index in [4.69, 9.17) is 4.74 Å². The van der Waals surface area contributed by atoms with E-state index in [1.54, 1.807) is 24.1 Å². The number of nitrogens with zero attached hydrogens (tertiary/aromatic N) is 2. The summed E-state index contributed by atoms with van der Waals surface area (Å²) in [6.07, 6.45) is 0.777. The Hall–Kier alpha value is -3.28. The molecule has 1 heterocycles. The van der Waals surface area contributed by atoms with Crippen LogP contribution in [0.3, 0.4) is 0 Å². The molecule has 1 N–H and O–H groups in total. The third-order valence-electron chi connectivity index (χ3n) is 4.87. The van der Waals surface area contributed by atoms with Crippen LogP contribution in [-0.4, -0.2) is 41.5 Å². The molecule has 3 rings (SSSR count). The first-order valence-corrected chi connectivity index (χ1v) is 9.79. The predicted octanol–water partition coefficient (Wildman–Crippen LogP) is 3.84. The highest BCUT2D eigenvalue weighted by Crippen LogP contribution is 2.23. The lowest BCUT2D eigenvalue weighted by atomic mass is 10.2. The van der Waals surface area contributed by atoms with E-state index in [2.05, 4.69) is 11.4 Å². The van der Waals surface area contributed by atoms with Crippen molar-refractivity contribution >= 4 is 28.4 Å². The third kappa shape index (κ3) is 4.77. The number of nitrogens with one attached hydrogen (secondary N) is 1. The summed E-state index contributed by atoms with van der Waals surface area (Å²) in [4.78, 5) is 27.2. The number of fused-ring (bicyclic) bond motifs is 1. The second-order valence-electron chi connectivity index (χ2n) is 6.99. The zero-order valence-electron chi connectivity index (χ0n) is 17.1. The minimum absolute atomic E-state index is 0.00295. The number of amides is 2. The van der Waals surface area contributed by atoms with Crippen LogP contribution in [0.1, 0.15) is 19.0 Å². The van der Waals surface area contributed by atoms with Gasteiger partial charge in [-0.05, 0) is 43.0 Å². The topological polar surface area (TPSA) is 63.6 Å². The van der Waals surface area contributed by atoms with E-state index in [0.29, 0.717) is 18.0 Å². The Morgan fingerprint density at radius 2 is 1.83 bits per heavy atom. The van der Waals surface area contributed by atoms with Crippen molar-refractivity contribution in [1.29, 1.82) is 0 Å². The minimum Gasteiger partial charge on any atom is -0.495 e. The summed E-state index contributed by atoms with van der Waals surface area (Å²) >= 11 is 0. The van der Waals surface area contributed by atoms with Crippen LogP contribution in [0.2, 0.25) is 0 Å². The van der Waals surface area contributed by atoms with Crippen molar-refractivity contribution in [3.63, 3.8) is 0 Å². The molecule has 6 heteroatoms. The highest BCUT2D eigenvalue weighted by molar-refractivity contribution is 5.96. The van der Waals surface area contributed by atoms with Crippen LogP contribution < -0.4 is 10.1 Å². The van der Waals surface area contributed by atoms with Gasteiger partial charge in [0.15, 0.2) is 0 Å². The van der Waals surface area contributed by atoms with Crippen molar-refractivity contribution in [2.75, 3.05) is 25.5 Å². The molecule has 0 aliphatic carbocycles. The Bertz CT molecular complexity index is 1010. The number of carbonyl (C=O) groups is 2. The fraction of sp³-hybridized carbons (Fsp3) is 0.304. The highest BCUT2D eigenvalue weighted by atomic mass is 16.5. The number of hydrogen-bond donors (Lipinski definition) is 1. The lowest BCUT2D eigenvalue weighted by Crippen LogP contribution is -2.40. The van der Waals surface area contributed by atoms with Gasteiger partial charge >= 0.3 is 0 Å². The molecule has 1 aromatic heterocycles. The summed E-state index contributed by atoms with van der Waals surface area (Å²) in [5.74, 6) is 0.264. The third-order valence-corrected chi connectivity index (χ3v) is 4.87. The molecule has 2 amide bonds. The second kappa shape index (κ2) is 9.28. The molecule has 29 heavy (non-hydrogen) atoms. The molecule has 0 atom stereocenters. The van der Waals surface area contributed by atoms with E-state index in [-0.39, 0.29) is 24.9 Å². The van der Waals surface area contributed by atoms with Crippen molar-refractivity contribution in [1.82, 2.24) is 9.47 Å². The normalized spacial score (nSPS) is 10.7. The SMILES string of the molecule is CCCN(CC(=O)Nc1ccccc1OC)C(=O)Cn1c(C)cc2ccccc21. The number of ether oxygens (including phenoxy) is 1.